The van der Waals surface area contributed by atoms with Gasteiger partial charge in [0.05, 0.1) is 18.8 Å². The van der Waals surface area contributed by atoms with Crippen LogP contribution in [0.3, 0.4) is 0 Å². The number of hydrogen-bond acceptors (Lipinski definition) is 3. The zero-order chi connectivity index (χ0) is 10.1. The maximum atomic E-state index is 11.2. The van der Waals surface area contributed by atoms with Crippen molar-refractivity contribution in [3.8, 4) is 0 Å². The van der Waals surface area contributed by atoms with Crippen molar-refractivity contribution in [2.24, 2.45) is 0 Å². The fraction of sp³-hybridized carbons (Fsp3) is 0.500. The lowest BCUT2D eigenvalue weighted by molar-refractivity contribution is -0.139. The molecule has 0 aliphatic heterocycles. The average Bonchev–Trinajstić information content (AvgIpc) is 2.16. The standard InChI is InChI=1S/C10H16O3/c1-3-5-6-9(8-11)10(12)13-7-4-2/h3,5-6,11H,4,7-8H2,1-2H3. The SMILES string of the molecule is CC=CC=C(CO)C(=O)OCCC. The zero-order valence-electron chi connectivity index (χ0n) is 8.12. The number of carbonyl (C=O) groups excluding carboxylic acids is 1. The predicted octanol–water partition coefficient (Wildman–Crippen LogP) is 1.43. The van der Waals surface area contributed by atoms with Crippen LogP contribution in [0.1, 0.15) is 20.3 Å². The Bertz CT molecular complexity index is 204. The Morgan fingerprint density at radius 3 is 2.69 bits per heavy atom. The van der Waals surface area contributed by atoms with Gasteiger partial charge < -0.3 is 9.84 Å². The van der Waals surface area contributed by atoms with Gasteiger partial charge in [0.15, 0.2) is 0 Å². The quantitative estimate of drug-likeness (QED) is 0.399. The lowest BCUT2D eigenvalue weighted by atomic mass is 10.2. The van der Waals surface area contributed by atoms with E-state index in [9.17, 15) is 4.79 Å². The molecule has 0 saturated heterocycles. The lowest BCUT2D eigenvalue weighted by Gasteiger charge is -2.03. The molecule has 0 fully saturated rings. The van der Waals surface area contributed by atoms with Gasteiger partial charge in [-0.1, -0.05) is 19.1 Å². The Balaban J connectivity index is 4.14. The first-order valence-corrected chi connectivity index (χ1v) is 4.36. The van der Waals surface area contributed by atoms with E-state index >= 15 is 0 Å². The zero-order valence-corrected chi connectivity index (χ0v) is 8.12. The fourth-order valence-electron chi connectivity index (χ4n) is 0.685. The molecule has 3 nitrogen and oxygen atoms in total. The average molecular weight is 184 g/mol. The smallest absolute Gasteiger partial charge is 0.336 e. The van der Waals surface area contributed by atoms with Crippen LogP contribution >= 0.6 is 0 Å². The summed E-state index contributed by atoms with van der Waals surface area (Å²) in [5, 5.41) is 8.82. The van der Waals surface area contributed by atoms with Gasteiger partial charge in [-0.15, -0.1) is 0 Å². The highest BCUT2D eigenvalue weighted by Gasteiger charge is 2.07. The van der Waals surface area contributed by atoms with Crippen LogP contribution in [0.5, 0.6) is 0 Å². The van der Waals surface area contributed by atoms with Crippen molar-refractivity contribution in [1.82, 2.24) is 0 Å². The van der Waals surface area contributed by atoms with Crippen molar-refractivity contribution in [1.29, 1.82) is 0 Å². The van der Waals surface area contributed by atoms with Crippen molar-refractivity contribution in [2.75, 3.05) is 13.2 Å². The summed E-state index contributed by atoms with van der Waals surface area (Å²) in [6.45, 7) is 3.86. The van der Waals surface area contributed by atoms with E-state index in [1.54, 1.807) is 18.2 Å². The van der Waals surface area contributed by atoms with Gasteiger partial charge in [0, 0.05) is 0 Å². The Labute approximate surface area is 78.7 Å². The summed E-state index contributed by atoms with van der Waals surface area (Å²) in [6.07, 6.45) is 5.81. The molecule has 74 valence electrons. The van der Waals surface area contributed by atoms with Gasteiger partial charge in [0.2, 0.25) is 0 Å². The molecular formula is C10H16O3. The number of hydrogen-bond donors (Lipinski definition) is 1. The third-order valence-electron chi connectivity index (χ3n) is 1.36. The van der Waals surface area contributed by atoms with E-state index in [1.165, 1.54) is 0 Å². The van der Waals surface area contributed by atoms with Crippen molar-refractivity contribution < 1.29 is 14.6 Å². The molecule has 0 aliphatic rings. The number of rotatable bonds is 5. The molecule has 0 bridgehead atoms. The summed E-state index contributed by atoms with van der Waals surface area (Å²) >= 11 is 0. The van der Waals surface area contributed by atoms with Crippen molar-refractivity contribution in [3.63, 3.8) is 0 Å². The molecule has 0 unspecified atom stereocenters. The number of esters is 1. The molecule has 0 aliphatic carbocycles. The monoisotopic (exact) mass is 184 g/mol. The second kappa shape index (κ2) is 7.55. The Hall–Kier alpha value is -1.09. The van der Waals surface area contributed by atoms with Crippen LogP contribution < -0.4 is 0 Å². The minimum atomic E-state index is -0.442. The molecule has 0 aromatic carbocycles. The summed E-state index contributed by atoms with van der Waals surface area (Å²) in [7, 11) is 0. The van der Waals surface area contributed by atoms with Crippen LogP contribution in [0, 0.1) is 0 Å². The first-order chi connectivity index (χ1) is 6.26. The molecule has 1 N–H and O–H groups in total. The molecule has 0 spiro atoms. The van der Waals surface area contributed by atoms with Gasteiger partial charge in [-0.2, -0.15) is 0 Å². The van der Waals surface area contributed by atoms with Gasteiger partial charge in [-0.05, 0) is 19.4 Å². The lowest BCUT2D eigenvalue weighted by Crippen LogP contribution is -2.11. The first kappa shape index (κ1) is 11.9. The van der Waals surface area contributed by atoms with Crippen LogP contribution in [0.2, 0.25) is 0 Å². The van der Waals surface area contributed by atoms with E-state index in [0.717, 1.165) is 6.42 Å². The van der Waals surface area contributed by atoms with Crippen molar-refractivity contribution in [3.05, 3.63) is 23.8 Å². The third kappa shape index (κ3) is 5.20. The summed E-state index contributed by atoms with van der Waals surface area (Å²) < 4.78 is 4.84. The van der Waals surface area contributed by atoms with E-state index in [4.69, 9.17) is 9.84 Å². The molecule has 0 rings (SSSR count). The van der Waals surface area contributed by atoms with Crippen LogP contribution in [-0.2, 0) is 9.53 Å². The molecule has 3 heteroatoms. The topological polar surface area (TPSA) is 46.5 Å². The van der Waals surface area contributed by atoms with Crippen LogP contribution in [0.15, 0.2) is 23.8 Å². The van der Waals surface area contributed by atoms with Gasteiger partial charge in [-0.3, -0.25) is 0 Å². The number of aliphatic hydroxyl groups is 1. The molecule has 0 heterocycles. The van der Waals surface area contributed by atoms with E-state index < -0.39 is 5.97 Å². The fourth-order valence-corrected chi connectivity index (χ4v) is 0.685. The molecular weight excluding hydrogens is 168 g/mol. The van der Waals surface area contributed by atoms with Gasteiger partial charge >= 0.3 is 5.97 Å². The molecule has 0 saturated carbocycles. The summed E-state index contributed by atoms with van der Waals surface area (Å²) in [5.74, 6) is -0.442. The van der Waals surface area contributed by atoms with E-state index in [-0.39, 0.29) is 12.2 Å². The maximum absolute atomic E-state index is 11.2. The second-order valence-electron chi connectivity index (χ2n) is 2.51. The van der Waals surface area contributed by atoms with Crippen LogP contribution in [0.4, 0.5) is 0 Å². The predicted molar refractivity (Wildman–Crippen MR) is 51.2 cm³/mol. The van der Waals surface area contributed by atoms with E-state index in [1.807, 2.05) is 13.8 Å². The largest absolute Gasteiger partial charge is 0.462 e. The Morgan fingerprint density at radius 1 is 1.54 bits per heavy atom. The number of aliphatic hydroxyl groups excluding tert-OH is 1. The van der Waals surface area contributed by atoms with Crippen LogP contribution in [-0.4, -0.2) is 24.3 Å². The van der Waals surface area contributed by atoms with Crippen LogP contribution in [0.25, 0.3) is 0 Å². The molecule has 0 aromatic heterocycles. The van der Waals surface area contributed by atoms with Gasteiger partial charge in [0.25, 0.3) is 0 Å². The highest BCUT2D eigenvalue weighted by atomic mass is 16.5. The number of allylic oxidation sites excluding steroid dienone is 3. The van der Waals surface area contributed by atoms with E-state index in [2.05, 4.69) is 0 Å². The van der Waals surface area contributed by atoms with Gasteiger partial charge in [-0.25, -0.2) is 4.79 Å². The first-order valence-electron chi connectivity index (χ1n) is 4.36. The normalized spacial score (nSPS) is 12.1. The second-order valence-corrected chi connectivity index (χ2v) is 2.51. The van der Waals surface area contributed by atoms with Crippen molar-refractivity contribution >= 4 is 5.97 Å². The summed E-state index contributed by atoms with van der Waals surface area (Å²) in [6, 6.07) is 0. The maximum Gasteiger partial charge on any atom is 0.336 e. The third-order valence-corrected chi connectivity index (χ3v) is 1.36. The number of carbonyl (C=O) groups is 1. The highest BCUT2D eigenvalue weighted by molar-refractivity contribution is 5.89. The van der Waals surface area contributed by atoms with E-state index in [0.29, 0.717) is 6.61 Å². The summed E-state index contributed by atoms with van der Waals surface area (Å²) in [5.41, 5.74) is 0.284. The number of ether oxygens (including phenoxy) is 1. The molecule has 0 amide bonds. The molecule has 0 aromatic rings. The highest BCUT2D eigenvalue weighted by Crippen LogP contribution is 1.98. The minimum absolute atomic E-state index is 0.284. The molecule has 0 radical (unpaired) electrons. The Kier molecular flexibility index (Phi) is 6.92. The molecule has 13 heavy (non-hydrogen) atoms. The Morgan fingerprint density at radius 2 is 2.23 bits per heavy atom. The minimum Gasteiger partial charge on any atom is -0.462 e. The molecule has 0 atom stereocenters. The van der Waals surface area contributed by atoms with Crippen molar-refractivity contribution in [2.45, 2.75) is 20.3 Å². The van der Waals surface area contributed by atoms with Gasteiger partial charge in [0.1, 0.15) is 0 Å². The summed E-state index contributed by atoms with van der Waals surface area (Å²) in [4.78, 5) is 11.2.